The summed E-state index contributed by atoms with van der Waals surface area (Å²) in [5.41, 5.74) is 3.73. The van der Waals surface area contributed by atoms with Gasteiger partial charge in [0.25, 0.3) is 5.91 Å². The predicted molar refractivity (Wildman–Crippen MR) is 127 cm³/mol. The Bertz CT molecular complexity index is 1240. The van der Waals surface area contributed by atoms with E-state index in [0.717, 1.165) is 22.8 Å². The van der Waals surface area contributed by atoms with Crippen LogP contribution in [0.5, 0.6) is 0 Å². The van der Waals surface area contributed by atoms with Crippen molar-refractivity contribution in [2.75, 3.05) is 15.4 Å². The Balaban J connectivity index is 1.81. The standard InChI is InChI=1S/C24H24ClFN2O3S/c1-4-32(30,31)28(21-11-5-16(2)17(3)13-21)15-18-6-9-20(10-7-18)27-24(29)22-14-19(25)8-12-23(22)26/h5-14H,4,15H2,1-3H3,(H,27,29). The highest BCUT2D eigenvalue weighted by molar-refractivity contribution is 7.92. The third-order valence-corrected chi connectivity index (χ3v) is 7.17. The quantitative estimate of drug-likeness (QED) is 0.477. The number of hydrogen-bond acceptors (Lipinski definition) is 3. The van der Waals surface area contributed by atoms with Crippen molar-refractivity contribution in [1.29, 1.82) is 0 Å². The first kappa shape index (κ1) is 23.8. The number of sulfonamides is 1. The highest BCUT2D eigenvalue weighted by Gasteiger charge is 2.21. The van der Waals surface area contributed by atoms with Crippen molar-refractivity contribution in [3.05, 3.63) is 93.8 Å². The van der Waals surface area contributed by atoms with Crippen molar-refractivity contribution < 1.29 is 17.6 Å². The van der Waals surface area contributed by atoms with Crippen LogP contribution in [0.1, 0.15) is 34.0 Å². The second-order valence-corrected chi connectivity index (χ2v) is 10.1. The zero-order valence-corrected chi connectivity index (χ0v) is 19.6. The average molecular weight is 475 g/mol. The molecule has 0 aromatic heterocycles. The number of halogens is 2. The number of amides is 1. The van der Waals surface area contributed by atoms with Crippen LogP contribution >= 0.6 is 11.6 Å². The monoisotopic (exact) mass is 474 g/mol. The highest BCUT2D eigenvalue weighted by Crippen LogP contribution is 2.25. The molecule has 0 aliphatic heterocycles. The molecule has 0 aliphatic carbocycles. The molecule has 8 heteroatoms. The molecule has 0 spiro atoms. The molecule has 1 amide bonds. The molecule has 0 fully saturated rings. The number of rotatable bonds is 7. The topological polar surface area (TPSA) is 66.5 Å². The molecule has 1 N–H and O–H groups in total. The van der Waals surface area contributed by atoms with E-state index >= 15 is 0 Å². The fourth-order valence-electron chi connectivity index (χ4n) is 3.12. The Morgan fingerprint density at radius 2 is 1.69 bits per heavy atom. The molecule has 0 saturated heterocycles. The summed E-state index contributed by atoms with van der Waals surface area (Å²) in [6.07, 6.45) is 0. The van der Waals surface area contributed by atoms with Gasteiger partial charge in [-0.1, -0.05) is 29.8 Å². The van der Waals surface area contributed by atoms with E-state index in [0.29, 0.717) is 11.4 Å². The summed E-state index contributed by atoms with van der Waals surface area (Å²) < 4.78 is 40.8. The summed E-state index contributed by atoms with van der Waals surface area (Å²) in [6.45, 7) is 5.67. The fraction of sp³-hybridized carbons (Fsp3) is 0.208. The van der Waals surface area contributed by atoms with Crippen LogP contribution in [-0.2, 0) is 16.6 Å². The molecule has 0 bridgehead atoms. The maximum atomic E-state index is 13.9. The van der Waals surface area contributed by atoms with E-state index in [4.69, 9.17) is 11.6 Å². The normalized spacial score (nSPS) is 11.3. The smallest absolute Gasteiger partial charge is 0.258 e. The molecular formula is C24H24ClFN2O3S. The first-order valence-corrected chi connectivity index (χ1v) is 12.0. The minimum absolute atomic E-state index is 0.0285. The second kappa shape index (κ2) is 9.71. The maximum absolute atomic E-state index is 13.9. The van der Waals surface area contributed by atoms with Crippen LogP contribution in [-0.4, -0.2) is 20.1 Å². The van der Waals surface area contributed by atoms with Crippen LogP contribution in [0.25, 0.3) is 0 Å². The first-order chi connectivity index (χ1) is 15.1. The van der Waals surface area contributed by atoms with Gasteiger partial charge in [0.2, 0.25) is 10.0 Å². The van der Waals surface area contributed by atoms with Crippen molar-refractivity contribution in [3.63, 3.8) is 0 Å². The molecule has 168 valence electrons. The van der Waals surface area contributed by atoms with E-state index < -0.39 is 21.7 Å². The molecule has 32 heavy (non-hydrogen) atoms. The van der Waals surface area contributed by atoms with Crippen molar-refractivity contribution in [2.24, 2.45) is 0 Å². The van der Waals surface area contributed by atoms with Crippen molar-refractivity contribution in [2.45, 2.75) is 27.3 Å². The lowest BCUT2D eigenvalue weighted by molar-refractivity contribution is 0.102. The van der Waals surface area contributed by atoms with E-state index in [1.54, 1.807) is 37.3 Å². The van der Waals surface area contributed by atoms with E-state index in [2.05, 4.69) is 5.32 Å². The zero-order valence-electron chi connectivity index (χ0n) is 18.0. The molecule has 0 saturated carbocycles. The molecule has 3 aromatic rings. The Hall–Kier alpha value is -2.90. The summed E-state index contributed by atoms with van der Waals surface area (Å²) in [5, 5.41) is 2.88. The molecule has 0 unspecified atom stereocenters. The number of carbonyl (C=O) groups is 1. The minimum Gasteiger partial charge on any atom is -0.322 e. The molecule has 3 rings (SSSR count). The van der Waals surface area contributed by atoms with Gasteiger partial charge in [-0.3, -0.25) is 9.10 Å². The van der Waals surface area contributed by atoms with Crippen LogP contribution in [0.2, 0.25) is 5.02 Å². The third-order valence-electron chi connectivity index (χ3n) is 5.19. The number of nitrogens with zero attached hydrogens (tertiary/aromatic N) is 1. The van der Waals surface area contributed by atoms with Gasteiger partial charge in [0.15, 0.2) is 0 Å². The number of aryl methyl sites for hydroxylation is 2. The number of anilines is 2. The van der Waals surface area contributed by atoms with Gasteiger partial charge < -0.3 is 5.32 Å². The average Bonchev–Trinajstić information content (AvgIpc) is 2.76. The van der Waals surface area contributed by atoms with E-state index in [-0.39, 0.29) is 22.9 Å². The summed E-state index contributed by atoms with van der Waals surface area (Å²) in [5.74, 6) is -1.32. The predicted octanol–water partition coefficient (Wildman–Crippen LogP) is 5.70. The molecule has 0 aliphatic rings. The summed E-state index contributed by atoms with van der Waals surface area (Å²) in [6, 6.07) is 16.1. The van der Waals surface area contributed by atoms with Gasteiger partial charge in [0.05, 0.1) is 23.5 Å². The molecule has 0 radical (unpaired) electrons. The number of hydrogen-bond donors (Lipinski definition) is 1. The van der Waals surface area contributed by atoms with Crippen molar-refractivity contribution >= 4 is 38.9 Å². The van der Waals surface area contributed by atoms with Gasteiger partial charge in [-0.2, -0.15) is 0 Å². The number of benzene rings is 3. The Labute approximate surface area is 192 Å². The van der Waals surface area contributed by atoms with Crippen molar-refractivity contribution in [1.82, 2.24) is 0 Å². The van der Waals surface area contributed by atoms with E-state index in [1.807, 2.05) is 26.0 Å². The van der Waals surface area contributed by atoms with Gasteiger partial charge in [0.1, 0.15) is 5.82 Å². The number of nitrogens with one attached hydrogen (secondary N) is 1. The van der Waals surface area contributed by atoms with Gasteiger partial charge in [-0.05, 0) is 79.9 Å². The molecule has 0 heterocycles. The second-order valence-electron chi connectivity index (χ2n) is 7.45. The van der Waals surface area contributed by atoms with Gasteiger partial charge in [0, 0.05) is 10.7 Å². The van der Waals surface area contributed by atoms with Crippen LogP contribution in [0.15, 0.2) is 60.7 Å². The summed E-state index contributed by atoms with van der Waals surface area (Å²) in [7, 11) is -3.51. The lowest BCUT2D eigenvalue weighted by Crippen LogP contribution is -2.32. The summed E-state index contributed by atoms with van der Waals surface area (Å²) in [4.78, 5) is 12.4. The Kier molecular flexibility index (Phi) is 7.21. The van der Waals surface area contributed by atoms with E-state index in [9.17, 15) is 17.6 Å². The van der Waals surface area contributed by atoms with Crippen LogP contribution in [0.3, 0.4) is 0 Å². The first-order valence-electron chi connectivity index (χ1n) is 10.0. The van der Waals surface area contributed by atoms with Crippen LogP contribution < -0.4 is 9.62 Å². The Morgan fingerprint density at radius 1 is 1.00 bits per heavy atom. The largest absolute Gasteiger partial charge is 0.322 e. The minimum atomic E-state index is -3.51. The number of carbonyl (C=O) groups excluding carboxylic acids is 1. The lowest BCUT2D eigenvalue weighted by Gasteiger charge is -2.25. The SMILES string of the molecule is CCS(=O)(=O)N(Cc1ccc(NC(=O)c2cc(Cl)ccc2F)cc1)c1ccc(C)c(C)c1. The summed E-state index contributed by atoms with van der Waals surface area (Å²) >= 11 is 5.85. The van der Waals surface area contributed by atoms with Gasteiger partial charge >= 0.3 is 0 Å². The molecule has 0 atom stereocenters. The lowest BCUT2D eigenvalue weighted by atomic mass is 10.1. The molecular weight excluding hydrogens is 451 g/mol. The fourth-order valence-corrected chi connectivity index (χ4v) is 4.38. The van der Waals surface area contributed by atoms with Gasteiger partial charge in [-0.15, -0.1) is 0 Å². The Morgan fingerprint density at radius 3 is 2.31 bits per heavy atom. The molecule has 3 aromatic carbocycles. The van der Waals surface area contributed by atoms with Crippen LogP contribution in [0.4, 0.5) is 15.8 Å². The maximum Gasteiger partial charge on any atom is 0.258 e. The van der Waals surface area contributed by atoms with Gasteiger partial charge in [-0.25, -0.2) is 12.8 Å². The molecule has 5 nitrogen and oxygen atoms in total. The highest BCUT2D eigenvalue weighted by atomic mass is 35.5. The zero-order chi connectivity index (χ0) is 23.5. The van der Waals surface area contributed by atoms with Crippen LogP contribution in [0, 0.1) is 19.7 Å². The third kappa shape index (κ3) is 5.47. The van der Waals surface area contributed by atoms with Crippen molar-refractivity contribution in [3.8, 4) is 0 Å². The van der Waals surface area contributed by atoms with E-state index in [1.165, 1.54) is 16.4 Å².